The average molecular weight is 221 g/mol. The van der Waals surface area contributed by atoms with Gasteiger partial charge < -0.3 is 10.6 Å². The monoisotopic (exact) mass is 221 g/mol. The Hall–Kier alpha value is -1.42. The zero-order chi connectivity index (χ0) is 11.8. The van der Waals surface area contributed by atoms with Crippen molar-refractivity contribution in [1.82, 2.24) is 9.88 Å². The number of aromatic nitrogens is 1. The molecule has 0 aliphatic rings. The Labute approximate surface area is 96.5 Å². The molecule has 1 amide bonds. The maximum absolute atomic E-state index is 12.1. The standard InChI is InChI=1S/C12H19N3O/c1-2-9-15(10-5-7-13)12(16)11-6-3-4-8-14-11/h3-4,6,8H,2,5,7,9-10,13H2,1H3. The van der Waals surface area contributed by atoms with Gasteiger partial charge in [-0.25, -0.2) is 0 Å². The van der Waals surface area contributed by atoms with E-state index in [0.717, 1.165) is 19.4 Å². The number of carbonyl (C=O) groups excluding carboxylic acids is 1. The summed E-state index contributed by atoms with van der Waals surface area (Å²) in [5, 5.41) is 0. The molecule has 0 aliphatic heterocycles. The van der Waals surface area contributed by atoms with Crippen molar-refractivity contribution in [3.05, 3.63) is 30.1 Å². The van der Waals surface area contributed by atoms with Crippen LogP contribution in [0.1, 0.15) is 30.3 Å². The first-order valence-corrected chi connectivity index (χ1v) is 5.70. The lowest BCUT2D eigenvalue weighted by Crippen LogP contribution is -2.34. The van der Waals surface area contributed by atoms with Crippen LogP contribution in [0.3, 0.4) is 0 Å². The molecule has 1 aromatic rings. The minimum absolute atomic E-state index is 0.00380. The van der Waals surface area contributed by atoms with E-state index in [1.54, 1.807) is 18.3 Å². The van der Waals surface area contributed by atoms with Gasteiger partial charge in [0, 0.05) is 19.3 Å². The molecule has 1 heterocycles. The van der Waals surface area contributed by atoms with Gasteiger partial charge in [0.05, 0.1) is 0 Å². The van der Waals surface area contributed by atoms with E-state index in [1.807, 2.05) is 11.0 Å². The van der Waals surface area contributed by atoms with Gasteiger partial charge in [0.1, 0.15) is 5.69 Å². The molecule has 0 aliphatic carbocycles. The summed E-state index contributed by atoms with van der Waals surface area (Å²) >= 11 is 0. The predicted molar refractivity (Wildman–Crippen MR) is 64.1 cm³/mol. The van der Waals surface area contributed by atoms with Crippen LogP contribution in [0.25, 0.3) is 0 Å². The maximum atomic E-state index is 12.1. The number of hydrogen-bond acceptors (Lipinski definition) is 3. The van der Waals surface area contributed by atoms with Crippen molar-refractivity contribution >= 4 is 5.91 Å². The van der Waals surface area contributed by atoms with Gasteiger partial charge in [-0.05, 0) is 31.5 Å². The van der Waals surface area contributed by atoms with Gasteiger partial charge in [-0.3, -0.25) is 9.78 Å². The molecule has 1 aromatic heterocycles. The van der Waals surface area contributed by atoms with Crippen molar-refractivity contribution in [1.29, 1.82) is 0 Å². The van der Waals surface area contributed by atoms with Crippen LogP contribution in [-0.2, 0) is 0 Å². The summed E-state index contributed by atoms with van der Waals surface area (Å²) in [6, 6.07) is 5.38. The lowest BCUT2D eigenvalue weighted by Gasteiger charge is -2.21. The summed E-state index contributed by atoms with van der Waals surface area (Å²) in [7, 11) is 0. The molecule has 0 saturated heterocycles. The van der Waals surface area contributed by atoms with Crippen molar-refractivity contribution in [3.63, 3.8) is 0 Å². The van der Waals surface area contributed by atoms with Gasteiger partial charge in [0.15, 0.2) is 0 Å². The van der Waals surface area contributed by atoms with E-state index in [-0.39, 0.29) is 5.91 Å². The lowest BCUT2D eigenvalue weighted by atomic mass is 10.2. The molecule has 4 nitrogen and oxygen atoms in total. The molecule has 0 atom stereocenters. The first kappa shape index (κ1) is 12.6. The minimum Gasteiger partial charge on any atom is -0.337 e. The molecule has 0 spiro atoms. The van der Waals surface area contributed by atoms with E-state index in [9.17, 15) is 4.79 Å². The molecule has 88 valence electrons. The fraction of sp³-hybridized carbons (Fsp3) is 0.500. The molecule has 1 rings (SSSR count). The van der Waals surface area contributed by atoms with Gasteiger partial charge in [-0.1, -0.05) is 13.0 Å². The number of carbonyl (C=O) groups is 1. The van der Waals surface area contributed by atoms with E-state index in [4.69, 9.17) is 5.73 Å². The van der Waals surface area contributed by atoms with Crippen LogP contribution in [-0.4, -0.2) is 35.4 Å². The quantitative estimate of drug-likeness (QED) is 0.787. The zero-order valence-corrected chi connectivity index (χ0v) is 9.72. The smallest absolute Gasteiger partial charge is 0.272 e. The van der Waals surface area contributed by atoms with E-state index < -0.39 is 0 Å². The number of pyridine rings is 1. The van der Waals surface area contributed by atoms with Crippen molar-refractivity contribution in [2.24, 2.45) is 5.73 Å². The van der Waals surface area contributed by atoms with Crippen LogP contribution < -0.4 is 5.73 Å². The molecule has 16 heavy (non-hydrogen) atoms. The highest BCUT2D eigenvalue weighted by molar-refractivity contribution is 5.92. The third-order valence-electron chi connectivity index (χ3n) is 2.30. The largest absolute Gasteiger partial charge is 0.337 e. The van der Waals surface area contributed by atoms with Crippen LogP contribution in [0.2, 0.25) is 0 Å². The second kappa shape index (κ2) is 6.95. The highest BCUT2D eigenvalue weighted by atomic mass is 16.2. The summed E-state index contributed by atoms with van der Waals surface area (Å²) in [6.07, 6.45) is 3.42. The number of nitrogens with zero attached hydrogens (tertiary/aromatic N) is 2. The molecular weight excluding hydrogens is 202 g/mol. The van der Waals surface area contributed by atoms with Crippen molar-refractivity contribution in [3.8, 4) is 0 Å². The predicted octanol–water partition coefficient (Wildman–Crippen LogP) is 1.28. The van der Waals surface area contributed by atoms with Crippen LogP contribution in [0.5, 0.6) is 0 Å². The Kier molecular flexibility index (Phi) is 5.50. The number of rotatable bonds is 6. The fourth-order valence-corrected chi connectivity index (χ4v) is 1.52. The van der Waals surface area contributed by atoms with Crippen molar-refractivity contribution < 1.29 is 4.79 Å². The first-order valence-electron chi connectivity index (χ1n) is 5.70. The van der Waals surface area contributed by atoms with Gasteiger partial charge >= 0.3 is 0 Å². The van der Waals surface area contributed by atoms with Gasteiger partial charge in [0.2, 0.25) is 0 Å². The average Bonchev–Trinajstić information content (AvgIpc) is 2.35. The SMILES string of the molecule is CCCN(CCCN)C(=O)c1ccccn1. The lowest BCUT2D eigenvalue weighted by molar-refractivity contribution is 0.0749. The highest BCUT2D eigenvalue weighted by Crippen LogP contribution is 2.03. The fourth-order valence-electron chi connectivity index (χ4n) is 1.52. The van der Waals surface area contributed by atoms with Gasteiger partial charge in [0.25, 0.3) is 5.91 Å². The second-order valence-electron chi connectivity index (χ2n) is 3.65. The Morgan fingerprint density at radius 1 is 1.44 bits per heavy atom. The Balaban J connectivity index is 2.67. The van der Waals surface area contributed by atoms with E-state index in [0.29, 0.717) is 18.8 Å². The van der Waals surface area contributed by atoms with Crippen molar-refractivity contribution in [2.45, 2.75) is 19.8 Å². The van der Waals surface area contributed by atoms with E-state index in [1.165, 1.54) is 0 Å². The molecular formula is C12H19N3O. The van der Waals surface area contributed by atoms with E-state index in [2.05, 4.69) is 11.9 Å². The van der Waals surface area contributed by atoms with Crippen LogP contribution in [0.4, 0.5) is 0 Å². The molecule has 0 unspecified atom stereocenters. The van der Waals surface area contributed by atoms with Crippen LogP contribution in [0, 0.1) is 0 Å². The second-order valence-corrected chi connectivity index (χ2v) is 3.65. The molecule has 0 aromatic carbocycles. The number of amides is 1. The molecule has 4 heteroatoms. The Morgan fingerprint density at radius 2 is 2.25 bits per heavy atom. The number of nitrogens with two attached hydrogens (primary N) is 1. The third kappa shape index (κ3) is 3.62. The molecule has 0 bridgehead atoms. The Morgan fingerprint density at radius 3 is 2.81 bits per heavy atom. The van der Waals surface area contributed by atoms with Gasteiger partial charge in [-0.2, -0.15) is 0 Å². The van der Waals surface area contributed by atoms with E-state index >= 15 is 0 Å². The first-order chi connectivity index (χ1) is 7.79. The summed E-state index contributed by atoms with van der Waals surface area (Å²) in [4.78, 5) is 17.9. The molecule has 0 saturated carbocycles. The topological polar surface area (TPSA) is 59.2 Å². The highest BCUT2D eigenvalue weighted by Gasteiger charge is 2.14. The third-order valence-corrected chi connectivity index (χ3v) is 2.30. The van der Waals surface area contributed by atoms with Crippen LogP contribution >= 0.6 is 0 Å². The van der Waals surface area contributed by atoms with Crippen molar-refractivity contribution in [2.75, 3.05) is 19.6 Å². The zero-order valence-electron chi connectivity index (χ0n) is 9.72. The number of hydrogen-bond donors (Lipinski definition) is 1. The Bertz CT molecular complexity index is 313. The minimum atomic E-state index is -0.00380. The van der Waals surface area contributed by atoms with Gasteiger partial charge in [-0.15, -0.1) is 0 Å². The summed E-state index contributed by atoms with van der Waals surface area (Å²) < 4.78 is 0. The summed E-state index contributed by atoms with van der Waals surface area (Å²) in [6.45, 7) is 4.13. The molecule has 0 fully saturated rings. The maximum Gasteiger partial charge on any atom is 0.272 e. The summed E-state index contributed by atoms with van der Waals surface area (Å²) in [5.74, 6) is -0.00380. The normalized spacial score (nSPS) is 10.1. The summed E-state index contributed by atoms with van der Waals surface area (Å²) in [5.41, 5.74) is 5.97. The molecule has 2 N–H and O–H groups in total. The van der Waals surface area contributed by atoms with Crippen LogP contribution in [0.15, 0.2) is 24.4 Å². The molecule has 0 radical (unpaired) electrons.